The zero-order valence-corrected chi connectivity index (χ0v) is 17.9. The van der Waals surface area contributed by atoms with Gasteiger partial charge in [-0.15, -0.1) is 6.58 Å². The number of likely N-dealkylation sites (N-methyl/N-ethyl adjacent to an activating group) is 1. The molecule has 0 radical (unpaired) electrons. The number of rotatable bonds is 8. The molecule has 3 rings (SSSR count). The number of quaternary nitrogens is 1. The molecule has 9 heteroatoms. The molecule has 1 atom stereocenters. The van der Waals surface area contributed by atoms with Crippen LogP contribution in [0.15, 0.2) is 36.9 Å². The number of ether oxygens (including phenoxy) is 1. The van der Waals surface area contributed by atoms with Gasteiger partial charge in [0.15, 0.2) is 13.2 Å². The van der Waals surface area contributed by atoms with Crippen molar-refractivity contribution in [3.63, 3.8) is 0 Å². The molecule has 0 aliphatic carbocycles. The molecule has 2 heterocycles. The maximum Gasteiger partial charge on any atom is 0.279 e. The summed E-state index contributed by atoms with van der Waals surface area (Å²) < 4.78 is 9.70. The molecule has 1 amide bonds. The summed E-state index contributed by atoms with van der Waals surface area (Å²) in [6.07, 6.45) is 1.79. The van der Waals surface area contributed by atoms with Crippen LogP contribution in [0.5, 0.6) is 0 Å². The van der Waals surface area contributed by atoms with Crippen LogP contribution in [0.25, 0.3) is 0 Å². The van der Waals surface area contributed by atoms with Gasteiger partial charge in [0.25, 0.3) is 5.91 Å². The lowest BCUT2D eigenvalue weighted by molar-refractivity contribution is -0.895. The molecule has 156 valence electrons. The van der Waals surface area contributed by atoms with Crippen molar-refractivity contribution in [3.8, 4) is 0 Å². The van der Waals surface area contributed by atoms with E-state index in [1.165, 1.54) is 0 Å². The highest BCUT2D eigenvalue weighted by molar-refractivity contribution is 7.71. The lowest BCUT2D eigenvalue weighted by atomic mass is 10.2. The first-order valence-corrected chi connectivity index (χ1v) is 10.2. The minimum atomic E-state index is -0.0459. The highest BCUT2D eigenvalue weighted by atomic mass is 32.1. The third-order valence-electron chi connectivity index (χ3n) is 4.83. The Morgan fingerprint density at radius 1 is 1.34 bits per heavy atom. The lowest BCUT2D eigenvalue weighted by Gasteiger charge is -2.28. The summed E-state index contributed by atoms with van der Waals surface area (Å²) in [5, 5.41) is 7.44. The second-order valence-electron chi connectivity index (χ2n) is 7.22. The fourth-order valence-electron chi connectivity index (χ4n) is 3.36. The first-order valence-electron chi connectivity index (χ1n) is 9.77. The van der Waals surface area contributed by atoms with Crippen LogP contribution in [-0.2, 0) is 22.7 Å². The standard InChI is InChI=1S/C20H28N6O2S/c1-4-9-25-16(2)22-26(20(25)29)15-23(3)14-19(27)21-17-5-7-18(8-6-17)24-10-12-28-13-11-24/h4-8H,1,9-15H2,2-3H3,(H,21,27)/p+1. The average Bonchev–Trinajstić information content (AvgIpc) is 2.96. The van der Waals surface area contributed by atoms with E-state index in [4.69, 9.17) is 17.0 Å². The van der Waals surface area contributed by atoms with E-state index in [0.29, 0.717) is 24.5 Å². The molecule has 1 saturated heterocycles. The van der Waals surface area contributed by atoms with Crippen molar-refractivity contribution in [1.82, 2.24) is 14.3 Å². The quantitative estimate of drug-likeness (QED) is 0.493. The number of allylic oxidation sites excluding steroid dienone is 1. The van der Waals surface area contributed by atoms with Crippen LogP contribution in [-0.4, -0.2) is 60.2 Å². The molecule has 8 nitrogen and oxygen atoms in total. The van der Waals surface area contributed by atoms with Gasteiger partial charge in [-0.1, -0.05) is 6.08 Å². The summed E-state index contributed by atoms with van der Waals surface area (Å²) in [6, 6.07) is 7.95. The summed E-state index contributed by atoms with van der Waals surface area (Å²) in [5.74, 6) is 0.794. The fourth-order valence-corrected chi connectivity index (χ4v) is 3.67. The van der Waals surface area contributed by atoms with Gasteiger partial charge in [-0.05, 0) is 43.4 Å². The Labute approximate surface area is 176 Å². The van der Waals surface area contributed by atoms with Crippen molar-refractivity contribution >= 4 is 29.5 Å². The molecule has 1 fully saturated rings. The van der Waals surface area contributed by atoms with Crippen LogP contribution in [0.1, 0.15) is 5.82 Å². The molecule has 1 aliphatic rings. The maximum atomic E-state index is 12.4. The Hall–Kier alpha value is -2.49. The number of carbonyl (C=O) groups excluding carboxylic acids is 1. The molecule has 2 N–H and O–H groups in total. The van der Waals surface area contributed by atoms with Gasteiger partial charge in [-0.3, -0.25) is 4.79 Å². The van der Waals surface area contributed by atoms with Crippen molar-refractivity contribution in [1.29, 1.82) is 0 Å². The lowest BCUT2D eigenvalue weighted by Crippen LogP contribution is -3.09. The number of morpholine rings is 1. The molecule has 1 aromatic carbocycles. The van der Waals surface area contributed by atoms with Gasteiger partial charge in [0.2, 0.25) is 4.77 Å². The van der Waals surface area contributed by atoms with E-state index in [0.717, 1.165) is 48.4 Å². The van der Waals surface area contributed by atoms with E-state index in [-0.39, 0.29) is 5.91 Å². The molecule has 1 aliphatic heterocycles. The predicted molar refractivity (Wildman–Crippen MR) is 116 cm³/mol. The Bertz CT molecular complexity index is 899. The molecular weight excluding hydrogens is 388 g/mol. The topological polar surface area (TPSA) is 68.8 Å². The number of anilines is 2. The summed E-state index contributed by atoms with van der Waals surface area (Å²) in [6.45, 7) is 10.4. The molecule has 1 aromatic heterocycles. The van der Waals surface area contributed by atoms with Gasteiger partial charge >= 0.3 is 0 Å². The first-order chi connectivity index (χ1) is 14.0. The summed E-state index contributed by atoms with van der Waals surface area (Å²) >= 11 is 5.47. The van der Waals surface area contributed by atoms with Crippen molar-refractivity contribution in [2.24, 2.45) is 0 Å². The molecule has 1 unspecified atom stereocenters. The number of hydrogen-bond donors (Lipinski definition) is 2. The third-order valence-corrected chi connectivity index (χ3v) is 5.26. The number of aromatic nitrogens is 3. The van der Waals surface area contributed by atoms with Crippen LogP contribution < -0.4 is 15.1 Å². The fraction of sp³-hybridized carbons (Fsp3) is 0.450. The van der Waals surface area contributed by atoms with Gasteiger partial charge in [0.1, 0.15) is 5.82 Å². The minimum absolute atomic E-state index is 0.0459. The second kappa shape index (κ2) is 9.82. The van der Waals surface area contributed by atoms with Gasteiger partial charge in [-0.25, -0.2) is 0 Å². The Morgan fingerprint density at radius 2 is 2.03 bits per heavy atom. The molecule has 0 bridgehead atoms. The van der Waals surface area contributed by atoms with Crippen LogP contribution >= 0.6 is 12.2 Å². The molecule has 0 spiro atoms. The highest BCUT2D eigenvalue weighted by Gasteiger charge is 2.15. The minimum Gasteiger partial charge on any atom is -0.378 e. The molecular formula is C20H29N6O2S+. The zero-order valence-electron chi connectivity index (χ0n) is 17.1. The number of amides is 1. The second-order valence-corrected chi connectivity index (χ2v) is 7.58. The van der Waals surface area contributed by atoms with Gasteiger partial charge in [0.05, 0.1) is 20.3 Å². The zero-order chi connectivity index (χ0) is 20.8. The van der Waals surface area contributed by atoms with Crippen molar-refractivity contribution in [2.45, 2.75) is 20.1 Å². The molecule has 29 heavy (non-hydrogen) atoms. The third kappa shape index (κ3) is 5.53. The van der Waals surface area contributed by atoms with E-state index < -0.39 is 0 Å². The van der Waals surface area contributed by atoms with Gasteiger partial charge < -0.3 is 24.4 Å². The highest BCUT2D eigenvalue weighted by Crippen LogP contribution is 2.18. The molecule has 2 aromatic rings. The van der Waals surface area contributed by atoms with Gasteiger partial charge in [-0.2, -0.15) is 9.78 Å². The normalized spacial score (nSPS) is 15.2. The van der Waals surface area contributed by atoms with E-state index >= 15 is 0 Å². The number of aryl methyl sites for hydroxylation is 1. The van der Waals surface area contributed by atoms with E-state index in [2.05, 4.69) is 21.9 Å². The first kappa shape index (κ1) is 21.2. The summed E-state index contributed by atoms with van der Waals surface area (Å²) in [7, 11) is 1.95. The van der Waals surface area contributed by atoms with Crippen molar-refractivity contribution in [3.05, 3.63) is 47.5 Å². The largest absolute Gasteiger partial charge is 0.378 e. The average molecular weight is 418 g/mol. The van der Waals surface area contributed by atoms with Crippen molar-refractivity contribution < 1.29 is 14.4 Å². The smallest absolute Gasteiger partial charge is 0.279 e. The predicted octanol–water partition coefficient (Wildman–Crippen LogP) is 0.856. The Morgan fingerprint density at radius 3 is 2.69 bits per heavy atom. The summed E-state index contributed by atoms with van der Waals surface area (Å²) in [5.41, 5.74) is 1.94. The number of nitrogens with zero attached hydrogens (tertiary/aromatic N) is 4. The number of hydrogen-bond acceptors (Lipinski definition) is 5. The Kier molecular flexibility index (Phi) is 7.18. The van der Waals surface area contributed by atoms with Crippen LogP contribution in [0.3, 0.4) is 0 Å². The van der Waals surface area contributed by atoms with Crippen LogP contribution in [0.4, 0.5) is 11.4 Å². The van der Waals surface area contributed by atoms with Crippen LogP contribution in [0, 0.1) is 11.7 Å². The van der Waals surface area contributed by atoms with E-state index in [9.17, 15) is 4.79 Å². The monoisotopic (exact) mass is 417 g/mol. The number of benzene rings is 1. The summed E-state index contributed by atoms with van der Waals surface area (Å²) in [4.78, 5) is 15.7. The SMILES string of the molecule is C=CCn1c(C)nn(C[NH+](C)CC(=O)Nc2ccc(N3CCOCC3)cc2)c1=S. The number of nitrogens with one attached hydrogen (secondary N) is 2. The maximum absolute atomic E-state index is 12.4. The van der Waals surface area contributed by atoms with Gasteiger partial charge in [0, 0.05) is 31.0 Å². The van der Waals surface area contributed by atoms with E-state index in [1.54, 1.807) is 10.8 Å². The van der Waals surface area contributed by atoms with Crippen molar-refractivity contribution in [2.75, 3.05) is 50.1 Å². The van der Waals surface area contributed by atoms with Crippen LogP contribution in [0.2, 0.25) is 0 Å². The molecule has 0 saturated carbocycles. The number of carbonyl (C=O) groups is 1. The Balaban J connectivity index is 1.53. The van der Waals surface area contributed by atoms with E-state index in [1.807, 2.05) is 42.8 Å².